The van der Waals surface area contributed by atoms with Crippen LogP contribution in [0.5, 0.6) is 0 Å². The van der Waals surface area contributed by atoms with Crippen LogP contribution in [0.1, 0.15) is 47.5 Å². The Hall–Kier alpha value is -0.410. The van der Waals surface area contributed by atoms with Crippen LogP contribution in [-0.4, -0.2) is 27.7 Å². The van der Waals surface area contributed by atoms with Crippen molar-refractivity contribution in [3.8, 4) is 0 Å². The highest BCUT2D eigenvalue weighted by molar-refractivity contribution is 5.76. The third-order valence-electron chi connectivity index (χ3n) is 1.27. The molecular weight excluding hydrogens is 168 g/mol. The fourth-order valence-electron chi connectivity index (χ4n) is 0.609. The Bertz CT molecular complexity index is 134. The highest BCUT2D eigenvalue weighted by Crippen LogP contribution is 2.06. The van der Waals surface area contributed by atoms with Gasteiger partial charge in [-0.25, -0.2) is 0 Å². The molecule has 3 nitrogen and oxygen atoms in total. The monoisotopic (exact) mass is 190 g/mol. The molecular formula is C10H22O3. The van der Waals surface area contributed by atoms with E-state index in [0.29, 0.717) is 0 Å². The predicted octanol–water partition coefficient (Wildman–Crippen LogP) is 1.51. The lowest BCUT2D eigenvalue weighted by Gasteiger charge is -2.13. The normalized spacial score (nSPS) is 12.8. The van der Waals surface area contributed by atoms with Gasteiger partial charge in [-0.2, -0.15) is 0 Å². The molecule has 0 aromatic heterocycles. The number of carbonyl (C=O) groups excluding carboxylic acids is 1. The Morgan fingerprint density at radius 3 is 1.77 bits per heavy atom. The molecule has 0 radical (unpaired) electrons. The van der Waals surface area contributed by atoms with Crippen LogP contribution in [0, 0.1) is 0 Å². The molecule has 0 heterocycles. The summed E-state index contributed by atoms with van der Waals surface area (Å²) in [5.41, 5.74) is -0.828. The number of hydrogen-bond donors (Lipinski definition) is 2. The van der Waals surface area contributed by atoms with Crippen molar-refractivity contribution in [2.75, 3.05) is 0 Å². The standard InChI is InChI=1S/C6H12O2.C4H10O/c1-5(7)4-6(2,3)8;1-3-4(2)5/h8H,4H2,1-3H3;4-5H,3H2,1-2H3. The zero-order valence-electron chi connectivity index (χ0n) is 9.29. The zero-order valence-corrected chi connectivity index (χ0v) is 9.29. The average Bonchev–Trinajstić information content (AvgIpc) is 1.83. The SMILES string of the molecule is CC(=O)CC(C)(C)O.CCC(C)O. The van der Waals surface area contributed by atoms with Crippen LogP contribution in [-0.2, 0) is 4.79 Å². The topological polar surface area (TPSA) is 57.5 Å². The number of carbonyl (C=O) groups is 1. The molecule has 1 unspecified atom stereocenters. The van der Waals surface area contributed by atoms with Crippen molar-refractivity contribution >= 4 is 5.78 Å². The Balaban J connectivity index is 0. The highest BCUT2D eigenvalue weighted by Gasteiger charge is 2.13. The first kappa shape index (κ1) is 15.1. The Labute approximate surface area is 80.8 Å². The van der Waals surface area contributed by atoms with Crippen molar-refractivity contribution in [2.45, 2.75) is 59.2 Å². The molecule has 1 atom stereocenters. The van der Waals surface area contributed by atoms with Gasteiger partial charge in [0.1, 0.15) is 5.78 Å². The molecule has 0 spiro atoms. The van der Waals surface area contributed by atoms with E-state index in [2.05, 4.69) is 0 Å². The molecule has 0 saturated carbocycles. The number of aliphatic hydroxyl groups is 2. The van der Waals surface area contributed by atoms with Gasteiger partial charge < -0.3 is 10.2 Å². The lowest BCUT2D eigenvalue weighted by atomic mass is 10.0. The second-order valence-electron chi connectivity index (χ2n) is 3.95. The van der Waals surface area contributed by atoms with Gasteiger partial charge in [0.15, 0.2) is 0 Å². The third kappa shape index (κ3) is 24.5. The Kier molecular flexibility index (Phi) is 8.16. The predicted molar refractivity (Wildman–Crippen MR) is 53.6 cm³/mol. The molecule has 0 aliphatic rings. The Morgan fingerprint density at radius 2 is 1.77 bits per heavy atom. The van der Waals surface area contributed by atoms with Gasteiger partial charge in [0.25, 0.3) is 0 Å². The van der Waals surface area contributed by atoms with Crippen LogP contribution in [0.25, 0.3) is 0 Å². The first-order chi connectivity index (χ1) is 5.69. The second kappa shape index (κ2) is 7.04. The summed E-state index contributed by atoms with van der Waals surface area (Å²) in [4.78, 5) is 10.3. The number of aliphatic hydroxyl groups excluding tert-OH is 1. The quantitative estimate of drug-likeness (QED) is 0.709. The molecule has 0 aromatic carbocycles. The van der Waals surface area contributed by atoms with Gasteiger partial charge >= 0.3 is 0 Å². The van der Waals surface area contributed by atoms with Gasteiger partial charge in [0, 0.05) is 6.42 Å². The molecule has 0 bridgehead atoms. The van der Waals surface area contributed by atoms with E-state index in [0.717, 1.165) is 6.42 Å². The van der Waals surface area contributed by atoms with Crippen molar-refractivity contribution in [3.63, 3.8) is 0 Å². The van der Waals surface area contributed by atoms with Gasteiger partial charge in [-0.3, -0.25) is 4.79 Å². The second-order valence-corrected chi connectivity index (χ2v) is 3.95. The molecule has 80 valence electrons. The minimum absolute atomic E-state index is 0.0255. The van der Waals surface area contributed by atoms with E-state index in [4.69, 9.17) is 10.2 Å². The Morgan fingerprint density at radius 1 is 1.46 bits per heavy atom. The molecule has 0 aromatic rings. The molecule has 0 aliphatic carbocycles. The summed E-state index contributed by atoms with van der Waals surface area (Å²) in [5, 5.41) is 17.3. The van der Waals surface area contributed by atoms with E-state index in [1.54, 1.807) is 20.8 Å². The van der Waals surface area contributed by atoms with E-state index < -0.39 is 5.60 Å². The summed E-state index contributed by atoms with van der Waals surface area (Å²) in [6.45, 7) is 8.44. The van der Waals surface area contributed by atoms with Gasteiger partial charge in [0.05, 0.1) is 11.7 Å². The molecule has 13 heavy (non-hydrogen) atoms. The van der Waals surface area contributed by atoms with Gasteiger partial charge in [0.2, 0.25) is 0 Å². The number of Topliss-reactive ketones (excluding diaryl/α,β-unsaturated/α-hetero) is 1. The largest absolute Gasteiger partial charge is 0.393 e. The van der Waals surface area contributed by atoms with Crippen molar-refractivity contribution in [3.05, 3.63) is 0 Å². The van der Waals surface area contributed by atoms with Crippen molar-refractivity contribution in [1.29, 1.82) is 0 Å². The van der Waals surface area contributed by atoms with E-state index in [-0.39, 0.29) is 18.3 Å². The third-order valence-corrected chi connectivity index (χ3v) is 1.27. The highest BCUT2D eigenvalue weighted by atomic mass is 16.3. The maximum absolute atomic E-state index is 10.3. The fourth-order valence-corrected chi connectivity index (χ4v) is 0.609. The van der Waals surface area contributed by atoms with E-state index in [1.165, 1.54) is 6.92 Å². The van der Waals surface area contributed by atoms with Crippen LogP contribution in [0.2, 0.25) is 0 Å². The number of ketones is 1. The van der Waals surface area contributed by atoms with Crippen LogP contribution in [0.15, 0.2) is 0 Å². The van der Waals surface area contributed by atoms with Crippen LogP contribution in [0.4, 0.5) is 0 Å². The van der Waals surface area contributed by atoms with Gasteiger partial charge in [-0.1, -0.05) is 6.92 Å². The first-order valence-corrected chi connectivity index (χ1v) is 4.59. The summed E-state index contributed by atoms with van der Waals surface area (Å²) in [5.74, 6) is 0.0255. The first-order valence-electron chi connectivity index (χ1n) is 4.59. The maximum atomic E-state index is 10.3. The minimum atomic E-state index is -0.828. The van der Waals surface area contributed by atoms with Crippen LogP contribution < -0.4 is 0 Å². The lowest BCUT2D eigenvalue weighted by molar-refractivity contribution is -0.120. The van der Waals surface area contributed by atoms with E-state index >= 15 is 0 Å². The summed E-state index contributed by atoms with van der Waals surface area (Å²) in [6.07, 6.45) is 0.988. The van der Waals surface area contributed by atoms with Gasteiger partial charge in [-0.05, 0) is 34.1 Å². The summed E-state index contributed by atoms with van der Waals surface area (Å²) >= 11 is 0. The van der Waals surface area contributed by atoms with E-state index in [1.807, 2.05) is 6.92 Å². The molecule has 0 amide bonds. The minimum Gasteiger partial charge on any atom is -0.393 e. The molecule has 0 fully saturated rings. The smallest absolute Gasteiger partial charge is 0.132 e. The maximum Gasteiger partial charge on any atom is 0.132 e. The number of rotatable bonds is 3. The summed E-state index contributed by atoms with van der Waals surface area (Å²) < 4.78 is 0. The average molecular weight is 190 g/mol. The van der Waals surface area contributed by atoms with Crippen molar-refractivity contribution in [1.82, 2.24) is 0 Å². The number of hydrogen-bond acceptors (Lipinski definition) is 3. The van der Waals surface area contributed by atoms with Crippen LogP contribution in [0.3, 0.4) is 0 Å². The summed E-state index contributed by atoms with van der Waals surface area (Å²) in [7, 11) is 0. The summed E-state index contributed by atoms with van der Waals surface area (Å²) in [6, 6.07) is 0. The molecule has 0 rings (SSSR count). The van der Waals surface area contributed by atoms with Gasteiger partial charge in [-0.15, -0.1) is 0 Å². The molecule has 3 heteroatoms. The van der Waals surface area contributed by atoms with E-state index in [9.17, 15) is 4.79 Å². The molecule has 0 saturated heterocycles. The molecule has 2 N–H and O–H groups in total. The van der Waals surface area contributed by atoms with Crippen molar-refractivity contribution < 1.29 is 15.0 Å². The molecule has 0 aliphatic heterocycles. The van der Waals surface area contributed by atoms with Crippen molar-refractivity contribution in [2.24, 2.45) is 0 Å². The lowest BCUT2D eigenvalue weighted by Crippen LogP contribution is -2.21. The fraction of sp³-hybridized carbons (Fsp3) is 0.900. The zero-order chi connectivity index (χ0) is 11.1. The van der Waals surface area contributed by atoms with Crippen LogP contribution >= 0.6 is 0 Å².